The highest BCUT2D eigenvalue weighted by Crippen LogP contribution is 2.01. The van der Waals surface area contributed by atoms with Gasteiger partial charge in [-0.1, -0.05) is 36.4 Å². The van der Waals surface area contributed by atoms with Crippen LogP contribution in [-0.2, 0) is 0 Å². The lowest BCUT2D eigenvalue weighted by Crippen LogP contribution is -2.03. The average molecular weight is 184 g/mol. The van der Waals surface area contributed by atoms with Gasteiger partial charge in [-0.2, -0.15) is 0 Å². The van der Waals surface area contributed by atoms with Gasteiger partial charge in [-0.25, -0.2) is 0 Å². The molecule has 0 heterocycles. The van der Waals surface area contributed by atoms with Gasteiger partial charge in [-0.05, 0) is 12.1 Å². The van der Waals surface area contributed by atoms with Gasteiger partial charge in [-0.15, -0.1) is 0 Å². The first kappa shape index (κ1) is 8.63. The molecular formula is C12H8O2. The third kappa shape index (κ3) is 1.42. The maximum atomic E-state index is 11.5. The summed E-state index contributed by atoms with van der Waals surface area (Å²) in [5.74, 6) is 0. The summed E-state index contributed by atoms with van der Waals surface area (Å²) in [5.41, 5.74) is -0.253. The minimum atomic E-state index is -0.127. The summed E-state index contributed by atoms with van der Waals surface area (Å²) >= 11 is 0. The van der Waals surface area contributed by atoms with Gasteiger partial charge in [-0.3, -0.25) is 9.59 Å². The molecule has 0 radical (unpaired) electrons. The Balaban J connectivity index is 3.14. The van der Waals surface area contributed by atoms with Crippen LogP contribution in [0.2, 0.25) is 0 Å². The number of fused-ring (bicyclic) bond motifs is 1. The molecule has 2 aromatic rings. The molecule has 0 amide bonds. The first-order valence-corrected chi connectivity index (χ1v) is 4.31. The van der Waals surface area contributed by atoms with Crippen molar-refractivity contribution in [3.8, 4) is 0 Å². The van der Waals surface area contributed by atoms with Gasteiger partial charge in [0.15, 0.2) is 10.9 Å². The van der Waals surface area contributed by atoms with Crippen molar-refractivity contribution in [2.24, 2.45) is 0 Å². The van der Waals surface area contributed by atoms with E-state index >= 15 is 0 Å². The quantitative estimate of drug-likeness (QED) is 0.622. The predicted octanol–water partition coefficient (Wildman–Crippen LogP) is 1.56. The number of rotatable bonds is 0. The summed E-state index contributed by atoms with van der Waals surface area (Å²) in [6.45, 7) is 0. The Bertz CT molecular complexity index is 534. The molecule has 0 atom stereocenters. The van der Waals surface area contributed by atoms with Crippen LogP contribution in [0.5, 0.6) is 0 Å². The molecule has 0 aliphatic rings. The molecule has 0 N–H and O–H groups in total. The fourth-order valence-corrected chi connectivity index (χ4v) is 1.38. The Labute approximate surface area is 80.5 Å². The predicted molar refractivity (Wildman–Crippen MR) is 56.5 cm³/mol. The van der Waals surface area contributed by atoms with E-state index in [0.717, 1.165) is 0 Å². The second-order valence-corrected chi connectivity index (χ2v) is 2.99. The van der Waals surface area contributed by atoms with Gasteiger partial charge in [0.25, 0.3) is 0 Å². The molecule has 0 aromatic heterocycles. The summed E-state index contributed by atoms with van der Waals surface area (Å²) in [4.78, 5) is 23.1. The normalized spacial score (nSPS) is 10.0. The molecule has 2 nitrogen and oxygen atoms in total. The second-order valence-electron chi connectivity index (χ2n) is 2.99. The van der Waals surface area contributed by atoms with Gasteiger partial charge >= 0.3 is 0 Å². The molecule has 68 valence electrons. The second kappa shape index (κ2) is 3.42. The molecule has 0 bridgehead atoms. The van der Waals surface area contributed by atoms with Crippen LogP contribution in [0.3, 0.4) is 0 Å². The molecular weight excluding hydrogens is 176 g/mol. The van der Waals surface area contributed by atoms with E-state index in [-0.39, 0.29) is 10.9 Å². The van der Waals surface area contributed by atoms with E-state index in [2.05, 4.69) is 0 Å². The van der Waals surface area contributed by atoms with E-state index in [9.17, 15) is 9.59 Å². The lowest BCUT2D eigenvalue weighted by Gasteiger charge is -1.89. The van der Waals surface area contributed by atoms with Crippen LogP contribution in [0, 0.1) is 0 Å². The fourth-order valence-electron chi connectivity index (χ4n) is 1.38. The first-order valence-electron chi connectivity index (χ1n) is 4.31. The van der Waals surface area contributed by atoms with E-state index in [0.29, 0.717) is 10.8 Å². The van der Waals surface area contributed by atoms with Crippen LogP contribution in [-0.4, -0.2) is 0 Å². The van der Waals surface area contributed by atoms with Crippen LogP contribution >= 0.6 is 0 Å². The zero-order valence-electron chi connectivity index (χ0n) is 7.44. The SMILES string of the molecule is O=c1ccccc(=O)c2ccccc12. The first-order chi connectivity index (χ1) is 6.79. The van der Waals surface area contributed by atoms with Crippen LogP contribution < -0.4 is 10.9 Å². The van der Waals surface area contributed by atoms with Gasteiger partial charge in [0.1, 0.15) is 0 Å². The highest BCUT2D eigenvalue weighted by molar-refractivity contribution is 5.80. The molecule has 2 rings (SSSR count). The Morgan fingerprint density at radius 2 is 0.929 bits per heavy atom. The molecule has 0 saturated carbocycles. The number of hydrogen-bond donors (Lipinski definition) is 0. The van der Waals surface area contributed by atoms with E-state index in [1.807, 2.05) is 0 Å². The Morgan fingerprint density at radius 3 is 1.36 bits per heavy atom. The van der Waals surface area contributed by atoms with Gasteiger partial charge < -0.3 is 0 Å². The molecule has 0 saturated heterocycles. The van der Waals surface area contributed by atoms with Gasteiger partial charge in [0, 0.05) is 10.8 Å². The van der Waals surface area contributed by atoms with Crippen LogP contribution in [0.25, 0.3) is 10.8 Å². The van der Waals surface area contributed by atoms with Crippen molar-refractivity contribution < 1.29 is 0 Å². The monoisotopic (exact) mass is 184 g/mol. The highest BCUT2D eigenvalue weighted by Gasteiger charge is 1.95. The minimum Gasteiger partial charge on any atom is -0.289 e. The summed E-state index contributed by atoms with van der Waals surface area (Å²) in [6.07, 6.45) is 0. The van der Waals surface area contributed by atoms with E-state index in [1.165, 1.54) is 12.1 Å². The Kier molecular flexibility index (Phi) is 2.11. The average Bonchev–Trinajstić information content (AvgIpc) is 2.22. The summed E-state index contributed by atoms with van der Waals surface area (Å²) in [5, 5.41) is 0.941. The molecule has 0 aliphatic heterocycles. The standard InChI is InChI=1S/C12H8O2/c13-11-7-3-4-8-12(14)10-6-2-1-5-9(10)11/h1-8H. The third-order valence-corrected chi connectivity index (χ3v) is 2.06. The third-order valence-electron chi connectivity index (χ3n) is 2.06. The van der Waals surface area contributed by atoms with Crippen molar-refractivity contribution in [2.45, 2.75) is 0 Å². The zero-order chi connectivity index (χ0) is 9.97. The van der Waals surface area contributed by atoms with Crippen LogP contribution in [0.4, 0.5) is 0 Å². The van der Waals surface area contributed by atoms with Crippen molar-refractivity contribution in [1.82, 2.24) is 0 Å². The molecule has 0 aliphatic carbocycles. The van der Waals surface area contributed by atoms with Crippen LogP contribution in [0.15, 0.2) is 58.1 Å². The van der Waals surface area contributed by atoms with E-state index in [4.69, 9.17) is 0 Å². The number of hydrogen-bond acceptors (Lipinski definition) is 2. The van der Waals surface area contributed by atoms with Crippen molar-refractivity contribution in [2.75, 3.05) is 0 Å². The molecule has 14 heavy (non-hydrogen) atoms. The maximum Gasteiger partial charge on any atom is 0.186 e. The smallest absolute Gasteiger partial charge is 0.186 e. The summed E-state index contributed by atoms with van der Waals surface area (Å²) < 4.78 is 0. The van der Waals surface area contributed by atoms with Crippen molar-refractivity contribution in [1.29, 1.82) is 0 Å². The van der Waals surface area contributed by atoms with Gasteiger partial charge in [0.05, 0.1) is 0 Å². The lowest BCUT2D eigenvalue weighted by atomic mass is 10.1. The lowest BCUT2D eigenvalue weighted by molar-refractivity contribution is 1.62. The van der Waals surface area contributed by atoms with E-state index < -0.39 is 0 Å². The minimum absolute atomic E-state index is 0.127. The van der Waals surface area contributed by atoms with Gasteiger partial charge in [0.2, 0.25) is 0 Å². The zero-order valence-corrected chi connectivity index (χ0v) is 7.44. The molecule has 0 fully saturated rings. The molecule has 0 spiro atoms. The molecule has 0 unspecified atom stereocenters. The van der Waals surface area contributed by atoms with Crippen molar-refractivity contribution in [3.63, 3.8) is 0 Å². The van der Waals surface area contributed by atoms with Crippen molar-refractivity contribution in [3.05, 3.63) is 69.0 Å². The van der Waals surface area contributed by atoms with Crippen LogP contribution in [0.1, 0.15) is 0 Å². The van der Waals surface area contributed by atoms with Crippen molar-refractivity contribution >= 4 is 10.8 Å². The maximum absolute atomic E-state index is 11.5. The largest absolute Gasteiger partial charge is 0.289 e. The summed E-state index contributed by atoms with van der Waals surface area (Å²) in [6, 6.07) is 12.9. The fraction of sp³-hybridized carbons (Fsp3) is 0. The Hall–Kier alpha value is -1.96. The Morgan fingerprint density at radius 1 is 0.571 bits per heavy atom. The topological polar surface area (TPSA) is 34.1 Å². The van der Waals surface area contributed by atoms with E-state index in [1.54, 1.807) is 36.4 Å². The molecule has 2 aromatic carbocycles. The number of benzene rings is 1. The summed E-state index contributed by atoms with van der Waals surface area (Å²) in [7, 11) is 0. The highest BCUT2D eigenvalue weighted by atomic mass is 16.1. The molecule has 2 heteroatoms.